The molecule has 0 atom stereocenters. The Labute approximate surface area is 89.6 Å². The van der Waals surface area contributed by atoms with Crippen molar-refractivity contribution in [2.45, 2.75) is 6.18 Å². The number of hydrogen-bond acceptors (Lipinski definition) is 2. The third kappa shape index (κ3) is 3.24. The number of alkyl halides is 3. The minimum atomic E-state index is -4.84. The number of benzene rings is 1. The van der Waals surface area contributed by atoms with Gasteiger partial charge in [0.05, 0.1) is 11.6 Å². The van der Waals surface area contributed by atoms with Gasteiger partial charge in [0.25, 0.3) is 5.78 Å². The SMILES string of the molecule is N#Cc1ccc(/C=C\C(=O)C(F)(F)F)cc1. The molecule has 0 fully saturated rings. The van der Waals surface area contributed by atoms with E-state index in [2.05, 4.69) is 0 Å². The standard InChI is InChI=1S/C11H6F3NO/c12-11(13,14)10(16)6-5-8-1-3-9(7-15)4-2-8/h1-6H/b6-5-. The van der Waals surface area contributed by atoms with E-state index in [0.717, 1.165) is 6.08 Å². The largest absolute Gasteiger partial charge is 0.454 e. The predicted octanol–water partition coefficient (Wildman–Crippen LogP) is 2.70. The molecule has 1 aromatic carbocycles. The molecule has 0 heterocycles. The summed E-state index contributed by atoms with van der Waals surface area (Å²) in [4.78, 5) is 10.5. The summed E-state index contributed by atoms with van der Waals surface area (Å²) in [5, 5.41) is 8.48. The van der Waals surface area contributed by atoms with Crippen LogP contribution in [0.25, 0.3) is 6.08 Å². The van der Waals surface area contributed by atoms with Crippen molar-refractivity contribution in [1.29, 1.82) is 5.26 Å². The second kappa shape index (κ2) is 4.62. The Morgan fingerprint density at radius 3 is 2.25 bits per heavy atom. The average Bonchev–Trinajstić information content (AvgIpc) is 2.25. The van der Waals surface area contributed by atoms with E-state index in [1.54, 1.807) is 0 Å². The molecule has 1 aromatic rings. The number of carbonyl (C=O) groups is 1. The van der Waals surface area contributed by atoms with Crippen LogP contribution in [0.3, 0.4) is 0 Å². The predicted molar refractivity (Wildman–Crippen MR) is 51.3 cm³/mol. The molecule has 0 aliphatic heterocycles. The Hall–Kier alpha value is -2.09. The van der Waals surface area contributed by atoms with Crippen LogP contribution in [0.2, 0.25) is 0 Å². The van der Waals surface area contributed by atoms with Gasteiger partial charge in [-0.15, -0.1) is 0 Å². The molecular formula is C11H6F3NO. The maximum Gasteiger partial charge on any atom is 0.454 e. The fraction of sp³-hybridized carbons (Fsp3) is 0.0909. The summed E-state index contributed by atoms with van der Waals surface area (Å²) >= 11 is 0. The molecule has 0 bridgehead atoms. The van der Waals surface area contributed by atoms with Crippen molar-refractivity contribution in [3.05, 3.63) is 41.5 Å². The van der Waals surface area contributed by atoms with Gasteiger partial charge in [-0.05, 0) is 23.8 Å². The molecule has 2 nitrogen and oxygen atoms in total. The van der Waals surface area contributed by atoms with E-state index in [-0.39, 0.29) is 0 Å². The molecule has 0 saturated heterocycles. The van der Waals surface area contributed by atoms with Crippen LogP contribution in [0.1, 0.15) is 11.1 Å². The van der Waals surface area contributed by atoms with E-state index in [9.17, 15) is 18.0 Å². The zero-order valence-electron chi connectivity index (χ0n) is 7.95. The third-order valence-corrected chi connectivity index (χ3v) is 1.75. The summed E-state index contributed by atoms with van der Waals surface area (Å²) in [5.74, 6) is -1.91. The van der Waals surface area contributed by atoms with E-state index < -0.39 is 12.0 Å². The summed E-state index contributed by atoms with van der Waals surface area (Å²) in [5.41, 5.74) is 0.830. The fourth-order valence-corrected chi connectivity index (χ4v) is 0.935. The van der Waals surface area contributed by atoms with Gasteiger partial charge in [0.1, 0.15) is 0 Å². The molecule has 0 aliphatic rings. The fourth-order valence-electron chi connectivity index (χ4n) is 0.935. The molecule has 0 amide bonds. The van der Waals surface area contributed by atoms with Gasteiger partial charge in [-0.25, -0.2) is 0 Å². The first-order valence-electron chi connectivity index (χ1n) is 4.23. The molecule has 0 aromatic heterocycles. The summed E-state index contributed by atoms with van der Waals surface area (Å²) in [6, 6.07) is 7.70. The van der Waals surface area contributed by atoms with Gasteiger partial charge in [0, 0.05) is 0 Å². The van der Waals surface area contributed by atoms with Crippen molar-refractivity contribution in [2.75, 3.05) is 0 Å². The molecule has 5 heteroatoms. The van der Waals surface area contributed by atoms with Crippen LogP contribution in [0.5, 0.6) is 0 Å². The summed E-state index contributed by atoms with van der Waals surface area (Å²) in [6.07, 6.45) is -3.33. The highest BCUT2D eigenvalue weighted by atomic mass is 19.4. The second-order valence-electron chi connectivity index (χ2n) is 2.93. The molecule has 0 radical (unpaired) electrons. The smallest absolute Gasteiger partial charge is 0.285 e. The van der Waals surface area contributed by atoms with E-state index in [1.807, 2.05) is 6.07 Å². The molecule has 0 aliphatic carbocycles. The monoisotopic (exact) mass is 225 g/mol. The van der Waals surface area contributed by atoms with Crippen molar-refractivity contribution in [2.24, 2.45) is 0 Å². The van der Waals surface area contributed by atoms with E-state index in [1.165, 1.54) is 24.3 Å². The van der Waals surface area contributed by atoms with Crippen molar-refractivity contribution >= 4 is 11.9 Å². The van der Waals surface area contributed by atoms with Gasteiger partial charge < -0.3 is 0 Å². The van der Waals surface area contributed by atoms with E-state index >= 15 is 0 Å². The summed E-state index contributed by atoms with van der Waals surface area (Å²) in [6.45, 7) is 0. The molecule has 0 spiro atoms. The number of nitrogens with zero attached hydrogens (tertiary/aromatic N) is 1. The highest BCUT2D eigenvalue weighted by molar-refractivity contribution is 5.97. The van der Waals surface area contributed by atoms with Crippen LogP contribution in [-0.2, 0) is 4.79 Å². The first-order valence-corrected chi connectivity index (χ1v) is 4.23. The number of nitriles is 1. The Kier molecular flexibility index (Phi) is 3.46. The van der Waals surface area contributed by atoms with Crippen molar-refractivity contribution in [3.8, 4) is 6.07 Å². The van der Waals surface area contributed by atoms with Gasteiger partial charge in [-0.3, -0.25) is 4.79 Å². The minimum Gasteiger partial charge on any atom is -0.285 e. The van der Waals surface area contributed by atoms with Gasteiger partial charge in [-0.1, -0.05) is 18.2 Å². The number of ketones is 1. The number of halogens is 3. The normalized spacial score (nSPS) is 11.4. The van der Waals surface area contributed by atoms with Crippen molar-refractivity contribution in [3.63, 3.8) is 0 Å². The highest BCUT2D eigenvalue weighted by Gasteiger charge is 2.35. The lowest BCUT2D eigenvalue weighted by Crippen LogP contribution is -2.19. The number of rotatable bonds is 2. The zero-order valence-corrected chi connectivity index (χ0v) is 7.95. The molecule has 0 N–H and O–H groups in total. The number of carbonyl (C=O) groups excluding carboxylic acids is 1. The average molecular weight is 225 g/mol. The number of hydrogen-bond donors (Lipinski definition) is 0. The third-order valence-electron chi connectivity index (χ3n) is 1.75. The molecular weight excluding hydrogens is 219 g/mol. The first kappa shape index (κ1) is 12.0. The van der Waals surface area contributed by atoms with Crippen molar-refractivity contribution < 1.29 is 18.0 Å². The van der Waals surface area contributed by atoms with E-state index in [0.29, 0.717) is 17.2 Å². The Balaban J connectivity index is 2.78. The molecule has 82 valence electrons. The number of allylic oxidation sites excluding steroid dienone is 1. The van der Waals surface area contributed by atoms with Gasteiger partial charge in [0.15, 0.2) is 0 Å². The Morgan fingerprint density at radius 1 is 1.25 bits per heavy atom. The minimum absolute atomic E-state index is 0.402. The van der Waals surface area contributed by atoms with Crippen LogP contribution in [0, 0.1) is 11.3 Å². The van der Waals surface area contributed by atoms with E-state index in [4.69, 9.17) is 5.26 Å². The molecule has 16 heavy (non-hydrogen) atoms. The quantitative estimate of drug-likeness (QED) is 0.726. The maximum atomic E-state index is 11.8. The van der Waals surface area contributed by atoms with Gasteiger partial charge >= 0.3 is 6.18 Å². The molecule has 0 saturated carbocycles. The first-order chi connectivity index (χ1) is 7.43. The lowest BCUT2D eigenvalue weighted by Gasteiger charge is -1.99. The van der Waals surface area contributed by atoms with Crippen molar-refractivity contribution in [1.82, 2.24) is 0 Å². The lowest BCUT2D eigenvalue weighted by molar-refractivity contribution is -0.165. The van der Waals surface area contributed by atoms with Crippen LogP contribution in [0.4, 0.5) is 13.2 Å². The maximum absolute atomic E-state index is 11.8. The van der Waals surface area contributed by atoms with Crippen LogP contribution in [-0.4, -0.2) is 12.0 Å². The lowest BCUT2D eigenvalue weighted by atomic mass is 10.1. The van der Waals surface area contributed by atoms with Gasteiger partial charge in [-0.2, -0.15) is 18.4 Å². The summed E-state index contributed by atoms with van der Waals surface area (Å²) < 4.78 is 35.5. The summed E-state index contributed by atoms with van der Waals surface area (Å²) in [7, 11) is 0. The van der Waals surface area contributed by atoms with Crippen LogP contribution >= 0.6 is 0 Å². The van der Waals surface area contributed by atoms with Gasteiger partial charge in [0.2, 0.25) is 0 Å². The van der Waals surface area contributed by atoms with Crippen LogP contribution < -0.4 is 0 Å². The Bertz CT molecular complexity index is 452. The Morgan fingerprint density at radius 2 is 1.81 bits per heavy atom. The second-order valence-corrected chi connectivity index (χ2v) is 2.93. The zero-order chi connectivity index (χ0) is 12.2. The van der Waals surface area contributed by atoms with Crippen LogP contribution in [0.15, 0.2) is 30.3 Å². The molecule has 1 rings (SSSR count). The topological polar surface area (TPSA) is 40.9 Å². The molecule has 0 unspecified atom stereocenters. The highest BCUT2D eigenvalue weighted by Crippen LogP contribution is 2.17.